The van der Waals surface area contributed by atoms with E-state index in [4.69, 9.17) is 4.52 Å². The van der Waals surface area contributed by atoms with E-state index in [-0.39, 0.29) is 30.2 Å². The van der Waals surface area contributed by atoms with Gasteiger partial charge in [0.05, 0.1) is 12.9 Å². The Morgan fingerprint density at radius 1 is 1.14 bits per heavy atom. The maximum atomic E-state index is 12.4. The fourth-order valence-electron chi connectivity index (χ4n) is 3.05. The van der Waals surface area contributed by atoms with Gasteiger partial charge in [0.25, 0.3) is 5.56 Å². The van der Waals surface area contributed by atoms with Gasteiger partial charge in [-0.25, -0.2) is 9.78 Å². The van der Waals surface area contributed by atoms with Gasteiger partial charge in [-0.05, 0) is 0 Å². The van der Waals surface area contributed by atoms with Crippen LogP contribution in [0.1, 0.15) is 5.69 Å². The first-order chi connectivity index (χ1) is 14.0. The molecule has 0 aliphatic rings. The van der Waals surface area contributed by atoms with Gasteiger partial charge < -0.3 is 14.4 Å². The molecule has 0 unspecified atom stereocenters. The van der Waals surface area contributed by atoms with Crippen molar-refractivity contribution in [3.8, 4) is 11.3 Å². The lowest BCUT2D eigenvalue weighted by Crippen LogP contribution is -2.38. The van der Waals surface area contributed by atoms with Gasteiger partial charge in [0, 0.05) is 25.7 Å². The number of aryl methyl sites for hydroxylation is 1. The van der Waals surface area contributed by atoms with Gasteiger partial charge in [0.15, 0.2) is 16.9 Å². The lowest BCUT2D eigenvalue weighted by Gasteiger charge is -2.07. The SMILES string of the molecule is Cn1c(=O)c2c(ncn2CC(=O)NCc2cc(-c3ccccc3)on2)n(C)c1=O. The van der Waals surface area contributed by atoms with E-state index >= 15 is 0 Å². The molecule has 1 amide bonds. The second-order valence-corrected chi connectivity index (χ2v) is 6.58. The summed E-state index contributed by atoms with van der Waals surface area (Å²) in [5.41, 5.74) is 0.914. The second-order valence-electron chi connectivity index (χ2n) is 6.58. The average molecular weight is 394 g/mol. The molecule has 0 aliphatic carbocycles. The average Bonchev–Trinajstić information content (AvgIpc) is 3.37. The minimum atomic E-state index is -0.502. The lowest BCUT2D eigenvalue weighted by atomic mass is 10.2. The van der Waals surface area contributed by atoms with Gasteiger partial charge in [-0.3, -0.25) is 18.7 Å². The van der Waals surface area contributed by atoms with Crippen molar-refractivity contribution in [2.45, 2.75) is 13.1 Å². The summed E-state index contributed by atoms with van der Waals surface area (Å²) in [6.45, 7) is 0.0611. The van der Waals surface area contributed by atoms with E-state index in [9.17, 15) is 14.4 Å². The Morgan fingerprint density at radius 2 is 1.90 bits per heavy atom. The molecule has 0 spiro atoms. The second kappa shape index (κ2) is 7.23. The zero-order valence-corrected chi connectivity index (χ0v) is 15.8. The maximum Gasteiger partial charge on any atom is 0.332 e. The number of amides is 1. The van der Waals surface area contributed by atoms with Crippen molar-refractivity contribution in [3.63, 3.8) is 0 Å². The summed E-state index contributed by atoms with van der Waals surface area (Å²) in [5, 5.41) is 6.70. The Bertz CT molecular complexity index is 1310. The first-order valence-electron chi connectivity index (χ1n) is 8.84. The van der Waals surface area contributed by atoms with Crippen LogP contribution in [0.15, 0.2) is 56.8 Å². The molecule has 10 heteroatoms. The first kappa shape index (κ1) is 18.4. The van der Waals surface area contributed by atoms with Crippen molar-refractivity contribution < 1.29 is 9.32 Å². The third-order valence-corrected chi connectivity index (χ3v) is 4.62. The number of carbonyl (C=O) groups is 1. The van der Waals surface area contributed by atoms with Gasteiger partial charge in [-0.15, -0.1) is 0 Å². The molecule has 1 aromatic carbocycles. The van der Waals surface area contributed by atoms with Gasteiger partial charge in [0.1, 0.15) is 12.2 Å². The van der Waals surface area contributed by atoms with E-state index in [1.807, 2.05) is 30.3 Å². The molecule has 148 valence electrons. The molecule has 3 heterocycles. The number of imidazole rings is 1. The topological polar surface area (TPSA) is 117 Å². The minimum absolute atomic E-state index is 0.118. The minimum Gasteiger partial charge on any atom is -0.356 e. The first-order valence-corrected chi connectivity index (χ1v) is 8.84. The van der Waals surface area contributed by atoms with E-state index < -0.39 is 11.2 Å². The van der Waals surface area contributed by atoms with Crippen molar-refractivity contribution in [3.05, 3.63) is 69.3 Å². The van der Waals surface area contributed by atoms with Crippen LogP contribution in [0.3, 0.4) is 0 Å². The summed E-state index contributed by atoms with van der Waals surface area (Å²) < 4.78 is 8.98. The number of nitrogens with zero attached hydrogens (tertiary/aromatic N) is 5. The molecule has 0 atom stereocenters. The summed E-state index contributed by atoms with van der Waals surface area (Å²) in [6.07, 6.45) is 1.37. The number of carbonyl (C=O) groups excluding carboxylic acids is 1. The predicted molar refractivity (Wildman–Crippen MR) is 104 cm³/mol. The number of fused-ring (bicyclic) bond motifs is 1. The molecule has 0 saturated heterocycles. The highest BCUT2D eigenvalue weighted by atomic mass is 16.5. The number of benzene rings is 1. The summed E-state index contributed by atoms with van der Waals surface area (Å²) in [7, 11) is 2.91. The Hall–Kier alpha value is -3.95. The fraction of sp³-hybridized carbons (Fsp3) is 0.211. The van der Waals surface area contributed by atoms with Crippen molar-refractivity contribution in [2.75, 3.05) is 0 Å². The van der Waals surface area contributed by atoms with Gasteiger partial charge in [0.2, 0.25) is 5.91 Å². The zero-order chi connectivity index (χ0) is 20.5. The number of hydrogen-bond donors (Lipinski definition) is 1. The van der Waals surface area contributed by atoms with Crippen molar-refractivity contribution in [1.29, 1.82) is 0 Å². The Morgan fingerprint density at radius 3 is 2.66 bits per heavy atom. The van der Waals surface area contributed by atoms with Crippen molar-refractivity contribution >= 4 is 17.1 Å². The summed E-state index contributed by atoms with van der Waals surface area (Å²) >= 11 is 0. The predicted octanol–water partition coefficient (Wildman–Crippen LogP) is 0.405. The third kappa shape index (κ3) is 3.35. The quantitative estimate of drug-likeness (QED) is 0.524. The number of hydrogen-bond acceptors (Lipinski definition) is 6. The lowest BCUT2D eigenvalue weighted by molar-refractivity contribution is -0.121. The van der Waals surface area contributed by atoms with E-state index in [2.05, 4.69) is 15.5 Å². The van der Waals surface area contributed by atoms with Crippen LogP contribution in [0.25, 0.3) is 22.5 Å². The smallest absolute Gasteiger partial charge is 0.332 e. The van der Waals surface area contributed by atoms with Crippen LogP contribution in [-0.4, -0.2) is 29.7 Å². The molecule has 0 fully saturated rings. The van der Waals surface area contributed by atoms with Crippen LogP contribution in [-0.2, 0) is 32.0 Å². The highest BCUT2D eigenvalue weighted by molar-refractivity contribution is 5.78. The number of aromatic nitrogens is 5. The largest absolute Gasteiger partial charge is 0.356 e. The molecule has 0 aliphatic heterocycles. The molecule has 29 heavy (non-hydrogen) atoms. The summed E-state index contributed by atoms with van der Waals surface area (Å²) in [5.74, 6) is 0.282. The van der Waals surface area contributed by atoms with Crippen LogP contribution in [0.4, 0.5) is 0 Å². The van der Waals surface area contributed by atoms with Crippen LogP contribution >= 0.6 is 0 Å². The van der Waals surface area contributed by atoms with E-state index in [1.165, 1.54) is 29.6 Å². The molecule has 3 aromatic heterocycles. The molecule has 1 N–H and O–H groups in total. The summed E-state index contributed by atoms with van der Waals surface area (Å²) in [6, 6.07) is 11.3. The maximum absolute atomic E-state index is 12.4. The normalized spacial score (nSPS) is 11.1. The van der Waals surface area contributed by atoms with E-state index in [0.717, 1.165) is 10.1 Å². The monoisotopic (exact) mass is 394 g/mol. The fourth-order valence-corrected chi connectivity index (χ4v) is 3.05. The van der Waals surface area contributed by atoms with Crippen LogP contribution in [0.5, 0.6) is 0 Å². The van der Waals surface area contributed by atoms with Gasteiger partial charge in [-0.2, -0.15) is 0 Å². The molecule has 0 saturated carbocycles. The van der Waals surface area contributed by atoms with Crippen molar-refractivity contribution in [1.82, 2.24) is 29.2 Å². The van der Waals surface area contributed by atoms with Crippen molar-refractivity contribution in [2.24, 2.45) is 14.1 Å². The van der Waals surface area contributed by atoms with Crippen LogP contribution < -0.4 is 16.6 Å². The van der Waals surface area contributed by atoms with E-state index in [1.54, 1.807) is 6.07 Å². The zero-order valence-electron chi connectivity index (χ0n) is 15.8. The molecule has 10 nitrogen and oxygen atoms in total. The Labute approximate surface area is 164 Å². The molecule has 0 bridgehead atoms. The van der Waals surface area contributed by atoms with Gasteiger partial charge in [-0.1, -0.05) is 35.5 Å². The third-order valence-electron chi connectivity index (χ3n) is 4.62. The standard InChI is InChI=1S/C19H18N6O4/c1-23-17-16(18(27)24(2)19(23)28)25(11-21-17)10-15(26)20-9-13-8-14(29-22-13)12-6-4-3-5-7-12/h3-8,11H,9-10H2,1-2H3,(H,20,26). The van der Waals surface area contributed by atoms with Gasteiger partial charge >= 0.3 is 5.69 Å². The number of nitrogens with one attached hydrogen (secondary N) is 1. The molecule has 0 radical (unpaired) electrons. The summed E-state index contributed by atoms with van der Waals surface area (Å²) in [4.78, 5) is 40.8. The highest BCUT2D eigenvalue weighted by Crippen LogP contribution is 2.19. The van der Waals surface area contributed by atoms with Crippen LogP contribution in [0.2, 0.25) is 0 Å². The number of rotatable bonds is 5. The molecule has 4 rings (SSSR count). The molecule has 4 aromatic rings. The van der Waals surface area contributed by atoms with Crippen LogP contribution in [0, 0.1) is 0 Å². The molecular weight excluding hydrogens is 376 g/mol. The molecular formula is C19H18N6O4. The highest BCUT2D eigenvalue weighted by Gasteiger charge is 2.16. The Balaban J connectivity index is 1.48. The van der Waals surface area contributed by atoms with E-state index in [0.29, 0.717) is 11.5 Å². The Kier molecular flexibility index (Phi) is 4.59.